The minimum absolute atomic E-state index is 0.0649. The summed E-state index contributed by atoms with van der Waals surface area (Å²) in [5, 5.41) is 10.7. The van der Waals surface area contributed by atoms with Gasteiger partial charge in [0, 0.05) is 19.0 Å². The summed E-state index contributed by atoms with van der Waals surface area (Å²) in [5.41, 5.74) is 2.68. The summed E-state index contributed by atoms with van der Waals surface area (Å²) in [6, 6.07) is 14.2. The van der Waals surface area contributed by atoms with Crippen molar-refractivity contribution in [2.45, 2.75) is 18.4 Å². The second-order valence-electron chi connectivity index (χ2n) is 6.49. The van der Waals surface area contributed by atoms with Gasteiger partial charge in [0.05, 0.1) is 6.10 Å². The average molecular weight is 338 g/mol. The molecule has 1 N–H and O–H groups in total. The van der Waals surface area contributed by atoms with Crippen molar-refractivity contribution in [1.82, 2.24) is 4.98 Å². The van der Waals surface area contributed by atoms with E-state index in [-0.39, 0.29) is 12.7 Å². The molecule has 0 aliphatic carbocycles. The van der Waals surface area contributed by atoms with Crippen molar-refractivity contribution in [3.63, 3.8) is 0 Å². The molecule has 0 unspecified atom stereocenters. The zero-order chi connectivity index (χ0) is 16.8. The third kappa shape index (κ3) is 2.49. The van der Waals surface area contributed by atoms with Crippen LogP contribution in [-0.4, -0.2) is 36.1 Å². The van der Waals surface area contributed by atoms with Gasteiger partial charge in [-0.1, -0.05) is 18.2 Å². The molecule has 5 rings (SSSR count). The van der Waals surface area contributed by atoms with Gasteiger partial charge >= 0.3 is 0 Å². The lowest BCUT2D eigenvalue weighted by Gasteiger charge is -2.35. The first-order valence-electron chi connectivity index (χ1n) is 8.46. The van der Waals surface area contributed by atoms with E-state index in [9.17, 15) is 5.11 Å². The first-order chi connectivity index (χ1) is 12.3. The van der Waals surface area contributed by atoms with Gasteiger partial charge in [-0.2, -0.15) is 4.98 Å². The molecule has 2 atom stereocenters. The van der Waals surface area contributed by atoms with Gasteiger partial charge in [0.25, 0.3) is 6.01 Å². The van der Waals surface area contributed by atoms with E-state index in [0.29, 0.717) is 12.6 Å². The Labute approximate surface area is 144 Å². The number of nitrogens with zero attached hydrogens (tertiary/aromatic N) is 2. The molecule has 6 nitrogen and oxygen atoms in total. The van der Waals surface area contributed by atoms with Crippen LogP contribution in [0.2, 0.25) is 0 Å². The molecule has 0 saturated carbocycles. The second kappa shape index (κ2) is 5.67. The van der Waals surface area contributed by atoms with Gasteiger partial charge in [-0.25, -0.2) is 0 Å². The number of aromatic nitrogens is 1. The van der Waals surface area contributed by atoms with Crippen LogP contribution < -0.4 is 14.4 Å². The summed E-state index contributed by atoms with van der Waals surface area (Å²) in [6.07, 6.45) is 0.323. The van der Waals surface area contributed by atoms with Crippen LogP contribution >= 0.6 is 0 Å². The number of β-amino-alcohol motifs (C(OH)–C–C–N with tert-alkyl or cyclic N) is 1. The summed E-state index contributed by atoms with van der Waals surface area (Å²) in [4.78, 5) is 6.54. The first-order valence-corrected chi connectivity index (χ1v) is 8.46. The Morgan fingerprint density at radius 3 is 2.84 bits per heavy atom. The highest BCUT2D eigenvalue weighted by Crippen LogP contribution is 2.38. The third-order valence-corrected chi connectivity index (χ3v) is 4.96. The van der Waals surface area contributed by atoms with E-state index in [2.05, 4.69) is 4.98 Å². The molecule has 2 aromatic carbocycles. The van der Waals surface area contributed by atoms with Crippen LogP contribution in [0.15, 0.2) is 46.9 Å². The van der Waals surface area contributed by atoms with Crippen LogP contribution in [-0.2, 0) is 0 Å². The van der Waals surface area contributed by atoms with Crippen molar-refractivity contribution in [2.24, 2.45) is 0 Å². The number of rotatable bonds is 2. The van der Waals surface area contributed by atoms with Crippen LogP contribution in [0.25, 0.3) is 11.1 Å². The van der Waals surface area contributed by atoms with Gasteiger partial charge in [0.2, 0.25) is 6.79 Å². The molecule has 0 spiro atoms. The predicted octanol–water partition coefficient (Wildman–Crippen LogP) is 2.91. The fourth-order valence-corrected chi connectivity index (χ4v) is 3.63. The molecule has 3 heterocycles. The average Bonchev–Trinajstić information content (AvgIpc) is 3.27. The molecule has 6 heteroatoms. The van der Waals surface area contributed by atoms with Crippen LogP contribution in [0.3, 0.4) is 0 Å². The summed E-state index contributed by atoms with van der Waals surface area (Å²) < 4.78 is 16.6. The molecular formula is C19H18N2O4. The topological polar surface area (TPSA) is 68.0 Å². The number of fused-ring (bicyclic) bond motifs is 2. The summed E-state index contributed by atoms with van der Waals surface area (Å²) in [7, 11) is 0. The smallest absolute Gasteiger partial charge is 0.298 e. The number of piperidine rings is 1. The molecule has 25 heavy (non-hydrogen) atoms. The normalized spacial score (nSPS) is 22.5. The van der Waals surface area contributed by atoms with Crippen molar-refractivity contribution in [3.8, 4) is 11.5 Å². The molecule has 0 amide bonds. The van der Waals surface area contributed by atoms with Crippen LogP contribution in [0, 0.1) is 0 Å². The summed E-state index contributed by atoms with van der Waals surface area (Å²) >= 11 is 0. The van der Waals surface area contributed by atoms with Crippen molar-refractivity contribution in [3.05, 3.63) is 48.0 Å². The summed E-state index contributed by atoms with van der Waals surface area (Å²) in [6.45, 7) is 1.53. The largest absolute Gasteiger partial charge is 0.454 e. The lowest BCUT2D eigenvalue weighted by molar-refractivity contribution is 0.128. The number of aliphatic hydroxyl groups is 1. The van der Waals surface area contributed by atoms with Gasteiger partial charge in [-0.3, -0.25) is 0 Å². The Morgan fingerprint density at radius 1 is 1.08 bits per heavy atom. The Kier molecular flexibility index (Phi) is 3.31. The second-order valence-corrected chi connectivity index (χ2v) is 6.49. The Hall–Kier alpha value is -2.73. The monoisotopic (exact) mass is 338 g/mol. The number of hydrogen-bond acceptors (Lipinski definition) is 6. The molecule has 2 aliphatic heterocycles. The van der Waals surface area contributed by atoms with E-state index in [0.717, 1.165) is 41.1 Å². The van der Waals surface area contributed by atoms with Gasteiger partial charge < -0.3 is 23.9 Å². The Bertz CT molecular complexity index is 890. The highest BCUT2D eigenvalue weighted by molar-refractivity contribution is 5.74. The van der Waals surface area contributed by atoms with E-state index < -0.39 is 6.10 Å². The minimum Gasteiger partial charge on any atom is -0.454 e. The van der Waals surface area contributed by atoms with Crippen LogP contribution in [0.5, 0.6) is 11.5 Å². The fourth-order valence-electron chi connectivity index (χ4n) is 3.63. The fraction of sp³-hybridized carbons (Fsp3) is 0.316. The zero-order valence-corrected chi connectivity index (χ0v) is 13.6. The number of anilines is 1. The first kappa shape index (κ1) is 14.6. The van der Waals surface area contributed by atoms with Gasteiger partial charge in [-0.15, -0.1) is 0 Å². The van der Waals surface area contributed by atoms with Gasteiger partial charge in [-0.05, 0) is 36.2 Å². The molecule has 0 radical (unpaired) electrons. The predicted molar refractivity (Wildman–Crippen MR) is 92.2 cm³/mol. The minimum atomic E-state index is -0.496. The molecule has 128 valence electrons. The molecule has 2 aliphatic rings. The number of aliphatic hydroxyl groups excluding tert-OH is 1. The SMILES string of the molecule is O[C@@H]1CN(c2nc3ccccc3o2)CC[C@H]1c1ccc2c(c1)OCO2. The zero-order valence-electron chi connectivity index (χ0n) is 13.6. The van der Waals surface area contributed by atoms with Crippen molar-refractivity contribution in [1.29, 1.82) is 0 Å². The number of hydrogen-bond donors (Lipinski definition) is 1. The quantitative estimate of drug-likeness (QED) is 0.775. The maximum atomic E-state index is 10.7. The molecular weight excluding hydrogens is 320 g/mol. The maximum Gasteiger partial charge on any atom is 0.298 e. The van der Waals surface area contributed by atoms with E-state index in [4.69, 9.17) is 13.9 Å². The van der Waals surface area contributed by atoms with E-state index in [1.807, 2.05) is 47.4 Å². The lowest BCUT2D eigenvalue weighted by Crippen LogP contribution is -2.43. The number of benzene rings is 2. The highest BCUT2D eigenvalue weighted by Gasteiger charge is 2.32. The number of ether oxygens (including phenoxy) is 2. The molecule has 1 fully saturated rings. The van der Waals surface area contributed by atoms with Crippen LogP contribution in [0.1, 0.15) is 17.9 Å². The third-order valence-electron chi connectivity index (χ3n) is 4.96. The molecule has 1 saturated heterocycles. The number of para-hydroxylation sites is 2. The number of oxazole rings is 1. The molecule has 1 aromatic heterocycles. The van der Waals surface area contributed by atoms with Crippen molar-refractivity contribution in [2.75, 3.05) is 24.8 Å². The molecule has 3 aromatic rings. The van der Waals surface area contributed by atoms with Crippen molar-refractivity contribution >= 4 is 17.1 Å². The van der Waals surface area contributed by atoms with E-state index >= 15 is 0 Å². The lowest BCUT2D eigenvalue weighted by atomic mass is 9.87. The van der Waals surface area contributed by atoms with Crippen molar-refractivity contribution < 1.29 is 19.0 Å². The standard InChI is InChI=1S/C19H18N2O4/c22-15-10-21(19-20-14-3-1-2-4-16(14)25-19)8-7-13(15)12-5-6-17-18(9-12)24-11-23-17/h1-6,9,13,15,22H,7-8,10-11H2/t13-,15+/m0/s1. The van der Waals surface area contributed by atoms with Crippen LogP contribution in [0.4, 0.5) is 6.01 Å². The van der Waals surface area contributed by atoms with Gasteiger partial charge in [0.1, 0.15) is 5.52 Å². The highest BCUT2D eigenvalue weighted by atomic mass is 16.7. The Morgan fingerprint density at radius 2 is 1.96 bits per heavy atom. The molecule has 0 bridgehead atoms. The van der Waals surface area contributed by atoms with E-state index in [1.54, 1.807) is 0 Å². The maximum absolute atomic E-state index is 10.7. The van der Waals surface area contributed by atoms with Gasteiger partial charge in [0.15, 0.2) is 17.1 Å². The Balaban J connectivity index is 1.36. The summed E-state index contributed by atoms with van der Waals surface area (Å²) in [5.74, 6) is 1.59. The van der Waals surface area contributed by atoms with E-state index in [1.165, 1.54) is 0 Å².